The predicted molar refractivity (Wildman–Crippen MR) is 135 cm³/mol. The maximum absolute atomic E-state index is 11.0. The Morgan fingerprint density at radius 2 is 1.86 bits per heavy atom. The molecule has 2 unspecified atom stereocenters. The van der Waals surface area contributed by atoms with Crippen LogP contribution in [0.15, 0.2) is 72.0 Å². The fourth-order valence-corrected chi connectivity index (χ4v) is 4.03. The van der Waals surface area contributed by atoms with Gasteiger partial charge >= 0.3 is 5.97 Å². The minimum Gasteiger partial charge on any atom is -0.512 e. The normalized spacial score (nSPS) is 16.3. The first kappa shape index (κ1) is 26.5. The van der Waals surface area contributed by atoms with E-state index in [-0.39, 0.29) is 18.3 Å². The molecule has 5 N–H and O–H groups in total. The number of rotatable bonds is 14. The van der Waals surface area contributed by atoms with E-state index in [0.29, 0.717) is 25.1 Å². The van der Waals surface area contributed by atoms with Gasteiger partial charge in [0.05, 0.1) is 30.6 Å². The number of unbranched alkanes of at least 4 members (excludes halogenated alkanes) is 1. The number of carboxylic acids is 1. The quantitative estimate of drug-likeness (QED) is 0.261. The molecule has 1 aliphatic rings. The third-order valence-electron chi connectivity index (χ3n) is 6.17. The first-order valence-electron chi connectivity index (χ1n) is 12.1. The highest BCUT2D eigenvalue weighted by Crippen LogP contribution is 2.25. The van der Waals surface area contributed by atoms with Gasteiger partial charge in [-0.2, -0.15) is 0 Å². The second kappa shape index (κ2) is 13.7. The van der Waals surface area contributed by atoms with Gasteiger partial charge in [-0.05, 0) is 85.7 Å². The SMILES string of the molecule is O=C(O)c1cccc(CCCCOc2ccc(CCNCC(O)C3=CC=C(O)C(CO)C3)cc2)c1. The van der Waals surface area contributed by atoms with E-state index in [1.54, 1.807) is 30.4 Å². The van der Waals surface area contributed by atoms with Gasteiger partial charge in [-0.1, -0.05) is 30.3 Å². The fourth-order valence-electron chi connectivity index (χ4n) is 4.03. The Bertz CT molecular complexity index is 1010. The summed E-state index contributed by atoms with van der Waals surface area (Å²) in [6, 6.07) is 15.0. The zero-order valence-corrected chi connectivity index (χ0v) is 19.9. The van der Waals surface area contributed by atoms with Crippen LogP contribution in [0, 0.1) is 5.92 Å². The summed E-state index contributed by atoms with van der Waals surface area (Å²) in [5.41, 5.74) is 3.32. The number of aryl methyl sites for hydroxylation is 1. The number of aromatic carboxylic acids is 1. The summed E-state index contributed by atoms with van der Waals surface area (Å²) in [5.74, 6) is -0.252. The Balaban J connectivity index is 1.29. The van der Waals surface area contributed by atoms with Crippen molar-refractivity contribution in [1.82, 2.24) is 5.32 Å². The number of aliphatic hydroxyl groups excluding tert-OH is 3. The van der Waals surface area contributed by atoms with Crippen LogP contribution in [0.5, 0.6) is 5.75 Å². The Morgan fingerprint density at radius 3 is 2.60 bits per heavy atom. The average Bonchev–Trinajstić information content (AvgIpc) is 2.87. The van der Waals surface area contributed by atoms with Crippen LogP contribution in [0.25, 0.3) is 0 Å². The van der Waals surface area contributed by atoms with Gasteiger partial charge in [-0.15, -0.1) is 0 Å². The van der Waals surface area contributed by atoms with E-state index in [1.165, 1.54) is 5.56 Å². The van der Waals surface area contributed by atoms with Crippen molar-refractivity contribution in [3.05, 3.63) is 88.7 Å². The number of allylic oxidation sites excluding steroid dienone is 2. The van der Waals surface area contributed by atoms with E-state index in [9.17, 15) is 20.1 Å². The zero-order chi connectivity index (χ0) is 25.0. The second-order valence-electron chi connectivity index (χ2n) is 8.84. The van der Waals surface area contributed by atoms with Gasteiger partial charge in [0.2, 0.25) is 0 Å². The van der Waals surface area contributed by atoms with Crippen molar-refractivity contribution >= 4 is 5.97 Å². The number of benzene rings is 2. The van der Waals surface area contributed by atoms with E-state index < -0.39 is 12.1 Å². The molecule has 0 heterocycles. The van der Waals surface area contributed by atoms with Gasteiger partial charge in [-0.25, -0.2) is 4.79 Å². The van der Waals surface area contributed by atoms with Gasteiger partial charge in [-0.3, -0.25) is 0 Å². The van der Waals surface area contributed by atoms with E-state index >= 15 is 0 Å². The molecule has 188 valence electrons. The lowest BCUT2D eigenvalue weighted by Gasteiger charge is -2.23. The van der Waals surface area contributed by atoms with Gasteiger partial charge in [0.1, 0.15) is 5.75 Å². The summed E-state index contributed by atoms with van der Waals surface area (Å²) in [5, 5.41) is 41.7. The van der Waals surface area contributed by atoms with E-state index in [1.807, 2.05) is 30.3 Å². The molecule has 7 nitrogen and oxygen atoms in total. The molecule has 0 radical (unpaired) electrons. The first-order chi connectivity index (χ1) is 17.0. The minimum absolute atomic E-state index is 0.136. The summed E-state index contributed by atoms with van der Waals surface area (Å²) in [7, 11) is 0. The number of carboxylic acid groups (broad SMARTS) is 1. The molecule has 0 saturated carbocycles. The number of hydrogen-bond donors (Lipinski definition) is 5. The average molecular weight is 482 g/mol. The lowest BCUT2D eigenvalue weighted by atomic mass is 9.90. The number of hydrogen-bond acceptors (Lipinski definition) is 6. The molecule has 0 aromatic heterocycles. The molecule has 0 amide bonds. The molecule has 0 spiro atoms. The molecular weight excluding hydrogens is 446 g/mol. The smallest absolute Gasteiger partial charge is 0.335 e. The van der Waals surface area contributed by atoms with Crippen molar-refractivity contribution in [2.24, 2.45) is 5.92 Å². The Kier molecular flexibility index (Phi) is 10.3. The molecule has 1 aliphatic carbocycles. The third kappa shape index (κ3) is 8.55. The minimum atomic E-state index is -0.902. The summed E-state index contributed by atoms with van der Waals surface area (Å²) in [6.45, 7) is 1.61. The molecular formula is C28H35NO6. The second-order valence-corrected chi connectivity index (χ2v) is 8.84. The number of nitrogens with one attached hydrogen (secondary N) is 1. The van der Waals surface area contributed by atoms with Crippen LogP contribution in [0.2, 0.25) is 0 Å². The molecule has 0 aliphatic heterocycles. The summed E-state index contributed by atoms with van der Waals surface area (Å²) < 4.78 is 5.82. The standard InChI is InChI=1S/C28H35NO6/c30-19-24-17-22(9-12-26(24)31)27(32)18-29-14-13-20-7-10-25(11-8-20)35-15-2-1-4-21-5-3-6-23(16-21)28(33)34/h3,5-12,16,24,27,29-32H,1-2,4,13-15,17-19H2,(H,33,34). The van der Waals surface area contributed by atoms with Crippen LogP contribution in [-0.2, 0) is 12.8 Å². The molecule has 3 rings (SSSR count). The van der Waals surface area contributed by atoms with E-state index in [4.69, 9.17) is 9.84 Å². The largest absolute Gasteiger partial charge is 0.512 e. The maximum atomic E-state index is 11.0. The molecule has 2 aromatic rings. The first-order valence-corrected chi connectivity index (χ1v) is 12.1. The van der Waals surface area contributed by atoms with Crippen molar-refractivity contribution in [2.75, 3.05) is 26.3 Å². The number of carbonyl (C=O) groups is 1. The summed E-state index contributed by atoms with van der Waals surface area (Å²) in [6.07, 6.45) is 6.54. The van der Waals surface area contributed by atoms with Crippen LogP contribution in [0.1, 0.15) is 40.7 Å². The topological polar surface area (TPSA) is 119 Å². The van der Waals surface area contributed by atoms with Crippen LogP contribution in [-0.4, -0.2) is 58.8 Å². The Labute approximate surface area is 206 Å². The van der Waals surface area contributed by atoms with Gasteiger partial charge in [0.25, 0.3) is 0 Å². The van der Waals surface area contributed by atoms with Crippen LogP contribution >= 0.6 is 0 Å². The molecule has 0 saturated heterocycles. The van der Waals surface area contributed by atoms with Crippen LogP contribution in [0.4, 0.5) is 0 Å². The van der Waals surface area contributed by atoms with Gasteiger partial charge in [0, 0.05) is 12.5 Å². The highest BCUT2D eigenvalue weighted by molar-refractivity contribution is 5.87. The van der Waals surface area contributed by atoms with Gasteiger partial charge < -0.3 is 30.5 Å². The van der Waals surface area contributed by atoms with E-state index in [2.05, 4.69) is 5.32 Å². The Hall–Kier alpha value is -3.13. The molecule has 7 heteroatoms. The lowest BCUT2D eigenvalue weighted by molar-refractivity contribution is 0.0696. The summed E-state index contributed by atoms with van der Waals surface area (Å²) >= 11 is 0. The maximum Gasteiger partial charge on any atom is 0.335 e. The van der Waals surface area contributed by atoms with Crippen LogP contribution < -0.4 is 10.1 Å². The zero-order valence-electron chi connectivity index (χ0n) is 19.9. The van der Waals surface area contributed by atoms with Crippen molar-refractivity contribution in [1.29, 1.82) is 0 Å². The van der Waals surface area contributed by atoms with E-state index in [0.717, 1.165) is 49.1 Å². The van der Waals surface area contributed by atoms with Crippen molar-refractivity contribution < 1.29 is 30.0 Å². The highest BCUT2D eigenvalue weighted by Gasteiger charge is 2.22. The van der Waals surface area contributed by atoms with Gasteiger partial charge in [0.15, 0.2) is 0 Å². The van der Waals surface area contributed by atoms with Crippen LogP contribution in [0.3, 0.4) is 0 Å². The summed E-state index contributed by atoms with van der Waals surface area (Å²) in [4.78, 5) is 11.0. The molecule has 0 bridgehead atoms. The van der Waals surface area contributed by atoms with Crippen molar-refractivity contribution in [2.45, 2.75) is 38.2 Å². The molecule has 2 atom stereocenters. The van der Waals surface area contributed by atoms with Crippen molar-refractivity contribution in [3.8, 4) is 5.75 Å². The fraction of sp³-hybridized carbons (Fsp3) is 0.393. The number of ether oxygens (including phenoxy) is 1. The molecule has 35 heavy (non-hydrogen) atoms. The Morgan fingerprint density at radius 1 is 1.06 bits per heavy atom. The van der Waals surface area contributed by atoms with Crippen molar-refractivity contribution in [3.63, 3.8) is 0 Å². The lowest BCUT2D eigenvalue weighted by Crippen LogP contribution is -2.31. The number of aliphatic hydroxyl groups is 3. The predicted octanol–water partition coefficient (Wildman–Crippen LogP) is 3.66. The molecule has 2 aromatic carbocycles. The molecule has 0 fully saturated rings. The highest BCUT2D eigenvalue weighted by atomic mass is 16.5. The third-order valence-corrected chi connectivity index (χ3v) is 6.17. The monoisotopic (exact) mass is 481 g/mol.